The molecule has 0 aliphatic rings. The van der Waals surface area contributed by atoms with Crippen LogP contribution in [-0.4, -0.2) is 37.6 Å². The van der Waals surface area contributed by atoms with Gasteiger partial charge >= 0.3 is 5.97 Å². The standard InChI is InChI=1S/C23H28N2O6/c1-3-5-15-29-20-9-7-6-8-19(20)22(27)25-24-21(26)16-31-18-12-10-17(11-13-18)23(28)30-14-4-2/h6-13H,3-5,14-16H2,1-2H3,(H,24,26)(H,25,27). The molecule has 0 radical (unpaired) electrons. The van der Waals surface area contributed by atoms with Crippen molar-refractivity contribution >= 4 is 17.8 Å². The van der Waals surface area contributed by atoms with Crippen LogP contribution in [0.25, 0.3) is 0 Å². The summed E-state index contributed by atoms with van der Waals surface area (Å²) in [6.07, 6.45) is 2.61. The van der Waals surface area contributed by atoms with Gasteiger partial charge in [0.05, 0.1) is 24.3 Å². The highest BCUT2D eigenvalue weighted by Crippen LogP contribution is 2.18. The summed E-state index contributed by atoms with van der Waals surface area (Å²) in [5, 5.41) is 0. The lowest BCUT2D eigenvalue weighted by Gasteiger charge is -2.12. The van der Waals surface area contributed by atoms with E-state index in [4.69, 9.17) is 14.2 Å². The Labute approximate surface area is 181 Å². The highest BCUT2D eigenvalue weighted by atomic mass is 16.5. The second kappa shape index (κ2) is 12.9. The molecular weight excluding hydrogens is 400 g/mol. The van der Waals surface area contributed by atoms with Crippen molar-refractivity contribution in [2.45, 2.75) is 33.1 Å². The van der Waals surface area contributed by atoms with E-state index in [1.54, 1.807) is 48.5 Å². The maximum absolute atomic E-state index is 12.4. The first-order valence-corrected chi connectivity index (χ1v) is 10.3. The summed E-state index contributed by atoms with van der Waals surface area (Å²) in [4.78, 5) is 36.1. The average Bonchev–Trinajstić information content (AvgIpc) is 2.80. The molecular formula is C23H28N2O6. The van der Waals surface area contributed by atoms with Crippen LogP contribution in [0.2, 0.25) is 0 Å². The molecule has 2 rings (SSSR count). The summed E-state index contributed by atoms with van der Waals surface area (Å²) in [6, 6.07) is 13.1. The average molecular weight is 428 g/mol. The summed E-state index contributed by atoms with van der Waals surface area (Å²) in [7, 11) is 0. The number of nitrogens with one attached hydrogen (secondary N) is 2. The molecule has 0 heterocycles. The lowest BCUT2D eigenvalue weighted by atomic mass is 10.2. The molecule has 2 aromatic rings. The number of hydrogen-bond acceptors (Lipinski definition) is 6. The van der Waals surface area contributed by atoms with Crippen molar-refractivity contribution in [2.24, 2.45) is 0 Å². The molecule has 0 unspecified atom stereocenters. The fraction of sp³-hybridized carbons (Fsp3) is 0.348. The third-order valence-electron chi connectivity index (χ3n) is 4.10. The zero-order valence-electron chi connectivity index (χ0n) is 17.8. The molecule has 0 aliphatic heterocycles. The number of rotatable bonds is 11. The van der Waals surface area contributed by atoms with Gasteiger partial charge < -0.3 is 14.2 Å². The minimum absolute atomic E-state index is 0.311. The zero-order chi connectivity index (χ0) is 22.5. The lowest BCUT2D eigenvalue weighted by Crippen LogP contribution is -2.43. The van der Waals surface area contributed by atoms with Gasteiger partial charge in [-0.3, -0.25) is 20.4 Å². The van der Waals surface area contributed by atoms with Crippen molar-refractivity contribution in [3.63, 3.8) is 0 Å². The number of ether oxygens (including phenoxy) is 3. The van der Waals surface area contributed by atoms with Gasteiger partial charge in [0.15, 0.2) is 6.61 Å². The first-order chi connectivity index (χ1) is 15.0. The molecule has 2 amide bonds. The van der Waals surface area contributed by atoms with Crippen molar-refractivity contribution in [1.29, 1.82) is 0 Å². The molecule has 0 saturated heterocycles. The third-order valence-corrected chi connectivity index (χ3v) is 4.10. The molecule has 0 fully saturated rings. The van der Waals surface area contributed by atoms with Crippen LogP contribution in [0.5, 0.6) is 11.5 Å². The first kappa shape index (κ1) is 23.7. The predicted octanol–water partition coefficient (Wildman–Crippen LogP) is 3.27. The number of para-hydroxylation sites is 1. The smallest absolute Gasteiger partial charge is 0.338 e. The number of benzene rings is 2. The maximum Gasteiger partial charge on any atom is 0.338 e. The molecule has 0 spiro atoms. The van der Waals surface area contributed by atoms with E-state index in [1.807, 2.05) is 6.92 Å². The van der Waals surface area contributed by atoms with Crippen LogP contribution in [0.1, 0.15) is 53.8 Å². The van der Waals surface area contributed by atoms with Gasteiger partial charge in [-0.25, -0.2) is 4.79 Å². The SMILES string of the molecule is CCCCOc1ccccc1C(=O)NNC(=O)COc1ccc(C(=O)OCCC)cc1. The largest absolute Gasteiger partial charge is 0.493 e. The Morgan fingerprint density at radius 2 is 1.58 bits per heavy atom. The van der Waals surface area contributed by atoms with Gasteiger partial charge in [-0.2, -0.15) is 0 Å². The van der Waals surface area contributed by atoms with Crippen LogP contribution in [0.4, 0.5) is 0 Å². The fourth-order valence-corrected chi connectivity index (χ4v) is 2.45. The monoisotopic (exact) mass is 428 g/mol. The summed E-state index contributed by atoms with van der Waals surface area (Å²) in [5.74, 6) is -0.577. The number of hydrogen-bond donors (Lipinski definition) is 2. The predicted molar refractivity (Wildman–Crippen MR) is 115 cm³/mol. The Bertz CT molecular complexity index is 867. The minimum atomic E-state index is -0.538. The van der Waals surface area contributed by atoms with Gasteiger partial charge in [0.2, 0.25) is 0 Å². The summed E-state index contributed by atoms with van der Waals surface area (Å²) in [6.45, 7) is 4.52. The van der Waals surface area contributed by atoms with E-state index < -0.39 is 17.8 Å². The Morgan fingerprint density at radius 3 is 2.29 bits per heavy atom. The van der Waals surface area contributed by atoms with Gasteiger partial charge in [0, 0.05) is 0 Å². The van der Waals surface area contributed by atoms with Crippen LogP contribution >= 0.6 is 0 Å². The van der Waals surface area contributed by atoms with E-state index in [0.29, 0.717) is 35.8 Å². The lowest BCUT2D eigenvalue weighted by molar-refractivity contribution is -0.123. The number of carbonyl (C=O) groups excluding carboxylic acids is 3. The summed E-state index contributed by atoms with van der Waals surface area (Å²) in [5.41, 5.74) is 5.38. The third kappa shape index (κ3) is 8.00. The fourth-order valence-electron chi connectivity index (χ4n) is 2.45. The van der Waals surface area contributed by atoms with Crippen molar-refractivity contribution in [3.8, 4) is 11.5 Å². The van der Waals surface area contributed by atoms with Crippen LogP contribution in [0.3, 0.4) is 0 Å². The van der Waals surface area contributed by atoms with Crippen molar-refractivity contribution in [3.05, 3.63) is 59.7 Å². The maximum atomic E-state index is 12.4. The van der Waals surface area contributed by atoms with Gasteiger partial charge in [-0.05, 0) is 49.2 Å². The number of amides is 2. The van der Waals surface area contributed by atoms with E-state index in [2.05, 4.69) is 17.8 Å². The molecule has 0 aliphatic carbocycles. The van der Waals surface area contributed by atoms with Crippen molar-refractivity contribution in [1.82, 2.24) is 10.9 Å². The van der Waals surface area contributed by atoms with E-state index in [0.717, 1.165) is 19.3 Å². The normalized spacial score (nSPS) is 10.1. The van der Waals surface area contributed by atoms with Crippen molar-refractivity contribution < 1.29 is 28.6 Å². The number of carbonyl (C=O) groups is 3. The van der Waals surface area contributed by atoms with Gasteiger partial charge in [0.1, 0.15) is 11.5 Å². The summed E-state index contributed by atoms with van der Waals surface area (Å²) >= 11 is 0. The number of esters is 1. The molecule has 166 valence electrons. The highest BCUT2D eigenvalue weighted by molar-refractivity contribution is 5.97. The minimum Gasteiger partial charge on any atom is -0.493 e. The molecule has 0 atom stereocenters. The highest BCUT2D eigenvalue weighted by Gasteiger charge is 2.13. The van der Waals surface area contributed by atoms with Crippen LogP contribution in [0.15, 0.2) is 48.5 Å². The quantitative estimate of drug-likeness (QED) is 0.323. The van der Waals surface area contributed by atoms with Gasteiger partial charge in [-0.15, -0.1) is 0 Å². The molecule has 2 aromatic carbocycles. The van der Waals surface area contributed by atoms with E-state index >= 15 is 0 Å². The topological polar surface area (TPSA) is 103 Å². The number of hydrazine groups is 1. The van der Waals surface area contributed by atoms with E-state index in [-0.39, 0.29) is 6.61 Å². The van der Waals surface area contributed by atoms with Crippen LogP contribution in [-0.2, 0) is 9.53 Å². The zero-order valence-corrected chi connectivity index (χ0v) is 17.8. The molecule has 8 heteroatoms. The Hall–Kier alpha value is -3.55. The summed E-state index contributed by atoms with van der Waals surface area (Å²) < 4.78 is 16.0. The molecule has 31 heavy (non-hydrogen) atoms. The molecule has 0 aromatic heterocycles. The molecule has 0 saturated carbocycles. The Morgan fingerprint density at radius 1 is 0.839 bits per heavy atom. The first-order valence-electron chi connectivity index (χ1n) is 10.3. The molecule has 8 nitrogen and oxygen atoms in total. The van der Waals surface area contributed by atoms with E-state index in [9.17, 15) is 14.4 Å². The number of unbranched alkanes of at least 4 members (excludes halogenated alkanes) is 1. The van der Waals surface area contributed by atoms with Gasteiger partial charge in [-0.1, -0.05) is 32.4 Å². The van der Waals surface area contributed by atoms with Crippen LogP contribution < -0.4 is 20.3 Å². The molecule has 2 N–H and O–H groups in total. The van der Waals surface area contributed by atoms with Gasteiger partial charge in [0.25, 0.3) is 11.8 Å². The van der Waals surface area contributed by atoms with Crippen molar-refractivity contribution in [2.75, 3.05) is 19.8 Å². The Balaban J connectivity index is 1.79. The van der Waals surface area contributed by atoms with E-state index in [1.165, 1.54) is 0 Å². The second-order valence-electron chi connectivity index (χ2n) is 6.65. The molecule has 0 bridgehead atoms. The van der Waals surface area contributed by atoms with Crippen LogP contribution in [0, 0.1) is 0 Å². The Kier molecular flexibility index (Phi) is 9.87. The second-order valence-corrected chi connectivity index (χ2v) is 6.65.